The second kappa shape index (κ2) is 9.53. The van der Waals surface area contributed by atoms with Gasteiger partial charge in [-0.3, -0.25) is 9.59 Å². The highest BCUT2D eigenvalue weighted by Gasteiger charge is 2.27. The normalized spacial score (nSPS) is 13.5. The zero-order valence-corrected chi connectivity index (χ0v) is 16.1. The van der Waals surface area contributed by atoms with Crippen molar-refractivity contribution in [3.05, 3.63) is 53.1 Å². The summed E-state index contributed by atoms with van der Waals surface area (Å²) in [7, 11) is 0. The molecule has 1 aromatic heterocycles. The maximum absolute atomic E-state index is 11.8. The maximum atomic E-state index is 11.8. The molecule has 2 aromatic rings. The molecule has 0 spiro atoms. The van der Waals surface area contributed by atoms with Crippen molar-refractivity contribution in [2.24, 2.45) is 5.92 Å². The lowest BCUT2D eigenvalue weighted by Crippen LogP contribution is -2.41. The largest absolute Gasteiger partial charge is 0.481 e. The summed E-state index contributed by atoms with van der Waals surface area (Å²) in [5.74, 6) is -2.75. The number of hydrogen-bond acceptors (Lipinski definition) is 4. The summed E-state index contributed by atoms with van der Waals surface area (Å²) in [6.45, 7) is 4.30. The number of aromatic nitrogens is 2. The van der Waals surface area contributed by atoms with Gasteiger partial charge in [0.05, 0.1) is 12.0 Å². The summed E-state index contributed by atoms with van der Waals surface area (Å²) < 4.78 is 1.75. The van der Waals surface area contributed by atoms with Crippen molar-refractivity contribution in [3.8, 4) is 0 Å². The Kier molecular flexibility index (Phi) is 7.38. The summed E-state index contributed by atoms with van der Waals surface area (Å²) >= 11 is 5.90. The van der Waals surface area contributed by atoms with Gasteiger partial charge in [-0.25, -0.2) is 4.98 Å². The van der Waals surface area contributed by atoms with Crippen LogP contribution >= 0.6 is 11.6 Å². The minimum atomic E-state index is -1.03. The first-order valence-electron chi connectivity index (χ1n) is 8.71. The Balaban J connectivity index is 2.15. The fourth-order valence-electron chi connectivity index (χ4n) is 2.86. The molecule has 2 atom stereocenters. The number of aliphatic carboxylic acids is 2. The molecule has 1 aromatic carbocycles. The van der Waals surface area contributed by atoms with Crippen LogP contribution in [0.2, 0.25) is 5.02 Å². The molecule has 0 aliphatic heterocycles. The minimum Gasteiger partial charge on any atom is -0.481 e. The van der Waals surface area contributed by atoms with Crippen molar-refractivity contribution in [1.29, 1.82) is 0 Å². The van der Waals surface area contributed by atoms with E-state index in [-0.39, 0.29) is 12.5 Å². The molecular formula is C19H24ClN3O4. The number of imidazole rings is 1. The number of hydrogen-bond donors (Lipinski definition) is 3. The average molecular weight is 394 g/mol. The zero-order valence-electron chi connectivity index (χ0n) is 15.3. The van der Waals surface area contributed by atoms with Crippen molar-refractivity contribution in [1.82, 2.24) is 14.9 Å². The highest BCUT2D eigenvalue weighted by Crippen LogP contribution is 2.19. The third kappa shape index (κ3) is 6.08. The lowest BCUT2D eigenvalue weighted by molar-refractivity contribution is -0.142. The predicted octanol–water partition coefficient (Wildman–Crippen LogP) is 2.84. The van der Waals surface area contributed by atoms with Gasteiger partial charge in [0.25, 0.3) is 0 Å². The third-order valence-corrected chi connectivity index (χ3v) is 4.49. The van der Waals surface area contributed by atoms with Crippen molar-refractivity contribution in [2.45, 2.75) is 38.8 Å². The van der Waals surface area contributed by atoms with Gasteiger partial charge in [0.2, 0.25) is 0 Å². The van der Waals surface area contributed by atoms with Crippen LogP contribution in [0, 0.1) is 5.92 Å². The molecule has 0 fully saturated rings. The van der Waals surface area contributed by atoms with Crippen LogP contribution in [0.15, 0.2) is 36.8 Å². The number of halogens is 1. The van der Waals surface area contributed by atoms with Crippen LogP contribution in [-0.2, 0) is 16.1 Å². The Hall–Kier alpha value is -2.38. The second-order valence-corrected chi connectivity index (χ2v) is 7.33. The van der Waals surface area contributed by atoms with Crippen molar-refractivity contribution < 1.29 is 19.8 Å². The third-order valence-electron chi connectivity index (χ3n) is 4.24. The monoisotopic (exact) mass is 393 g/mol. The molecule has 0 bridgehead atoms. The van der Waals surface area contributed by atoms with E-state index in [9.17, 15) is 19.8 Å². The molecule has 2 unspecified atom stereocenters. The quantitative estimate of drug-likeness (QED) is 0.573. The van der Waals surface area contributed by atoms with Crippen LogP contribution in [0.5, 0.6) is 0 Å². The van der Waals surface area contributed by atoms with Crippen LogP contribution in [0.3, 0.4) is 0 Å². The number of carbonyl (C=O) groups is 2. The van der Waals surface area contributed by atoms with Gasteiger partial charge >= 0.3 is 11.9 Å². The van der Waals surface area contributed by atoms with E-state index in [2.05, 4.69) is 10.3 Å². The molecule has 0 saturated carbocycles. The Morgan fingerprint density at radius 2 is 1.85 bits per heavy atom. The number of rotatable bonds is 10. The number of carboxylic acid groups (broad SMARTS) is 2. The minimum absolute atomic E-state index is 0.00529. The lowest BCUT2D eigenvalue weighted by atomic mass is 10.0. The van der Waals surface area contributed by atoms with Crippen molar-refractivity contribution >= 4 is 23.5 Å². The molecular weight excluding hydrogens is 370 g/mol. The predicted molar refractivity (Wildman–Crippen MR) is 102 cm³/mol. The molecule has 146 valence electrons. The highest BCUT2D eigenvalue weighted by molar-refractivity contribution is 6.30. The van der Waals surface area contributed by atoms with Gasteiger partial charge in [0.1, 0.15) is 12.0 Å². The fourth-order valence-corrected chi connectivity index (χ4v) is 2.99. The van der Waals surface area contributed by atoms with Crippen LogP contribution in [-0.4, -0.2) is 44.3 Å². The maximum Gasteiger partial charge on any atom is 0.320 e. The van der Waals surface area contributed by atoms with Crippen LogP contribution in [0.4, 0.5) is 0 Å². The van der Waals surface area contributed by atoms with Crippen LogP contribution < -0.4 is 5.32 Å². The molecule has 27 heavy (non-hydrogen) atoms. The summed E-state index contributed by atoms with van der Waals surface area (Å²) in [6.07, 6.45) is 3.50. The Morgan fingerprint density at radius 3 is 2.41 bits per heavy atom. The van der Waals surface area contributed by atoms with Gasteiger partial charge in [0.15, 0.2) is 0 Å². The van der Waals surface area contributed by atoms with Gasteiger partial charge in [0, 0.05) is 24.3 Å². The first-order chi connectivity index (χ1) is 12.8. The van der Waals surface area contributed by atoms with E-state index in [1.165, 1.54) is 6.20 Å². The summed E-state index contributed by atoms with van der Waals surface area (Å²) in [6, 6.07) is 6.48. The van der Waals surface area contributed by atoms with Crippen molar-refractivity contribution in [2.75, 3.05) is 6.54 Å². The van der Waals surface area contributed by atoms with Gasteiger partial charge < -0.3 is 20.1 Å². The fraction of sp³-hybridized carbons (Fsp3) is 0.421. The topological polar surface area (TPSA) is 104 Å². The molecule has 0 aliphatic rings. The van der Waals surface area contributed by atoms with Crippen molar-refractivity contribution in [3.63, 3.8) is 0 Å². The molecule has 0 amide bonds. The molecule has 0 saturated heterocycles. The molecule has 1 heterocycles. The molecule has 0 aliphatic carbocycles. The SMILES string of the molecule is CC(C)CC(NCC(C(=O)O)c1cncn1Cc1ccc(Cl)cc1)C(=O)O. The van der Waals surface area contributed by atoms with E-state index in [0.29, 0.717) is 23.7 Å². The van der Waals surface area contributed by atoms with E-state index in [1.807, 2.05) is 26.0 Å². The summed E-state index contributed by atoms with van der Waals surface area (Å²) in [5.41, 5.74) is 1.47. The van der Waals surface area contributed by atoms with Gasteiger partial charge in [-0.2, -0.15) is 0 Å². The number of carboxylic acids is 2. The lowest BCUT2D eigenvalue weighted by Gasteiger charge is -2.20. The van der Waals surface area contributed by atoms with Gasteiger partial charge in [-0.1, -0.05) is 37.6 Å². The van der Waals surface area contributed by atoms with E-state index in [4.69, 9.17) is 11.6 Å². The van der Waals surface area contributed by atoms with E-state index in [0.717, 1.165) is 5.56 Å². The van der Waals surface area contributed by atoms with Gasteiger partial charge in [-0.05, 0) is 30.0 Å². The van der Waals surface area contributed by atoms with E-state index >= 15 is 0 Å². The van der Waals surface area contributed by atoms with Crippen LogP contribution in [0.25, 0.3) is 0 Å². The molecule has 2 rings (SSSR count). The zero-order chi connectivity index (χ0) is 20.0. The Morgan fingerprint density at radius 1 is 1.19 bits per heavy atom. The number of benzene rings is 1. The number of nitrogens with zero attached hydrogens (tertiary/aromatic N) is 2. The smallest absolute Gasteiger partial charge is 0.320 e. The number of nitrogens with one attached hydrogen (secondary N) is 1. The van der Waals surface area contributed by atoms with E-state index in [1.54, 1.807) is 23.0 Å². The average Bonchev–Trinajstić information content (AvgIpc) is 3.03. The van der Waals surface area contributed by atoms with Crippen LogP contribution in [0.1, 0.15) is 37.4 Å². The van der Waals surface area contributed by atoms with Gasteiger partial charge in [-0.15, -0.1) is 0 Å². The molecule has 8 heteroatoms. The molecule has 7 nitrogen and oxygen atoms in total. The highest BCUT2D eigenvalue weighted by atomic mass is 35.5. The Bertz CT molecular complexity index is 774. The van der Waals surface area contributed by atoms with E-state index < -0.39 is 23.9 Å². The Labute approximate surface area is 163 Å². The standard InChI is InChI=1S/C19H24ClN3O4/c1-12(2)7-16(19(26)27)22-8-15(18(24)25)17-9-21-11-23(17)10-13-3-5-14(20)6-4-13/h3-6,9,11-12,15-16,22H,7-8,10H2,1-2H3,(H,24,25)(H,26,27). The second-order valence-electron chi connectivity index (χ2n) is 6.89. The first kappa shape index (κ1) is 20.9. The first-order valence-corrected chi connectivity index (χ1v) is 9.09. The molecule has 3 N–H and O–H groups in total. The summed E-state index contributed by atoms with van der Waals surface area (Å²) in [5, 5.41) is 22.5. The molecule has 0 radical (unpaired) electrons. The summed E-state index contributed by atoms with van der Waals surface area (Å²) in [4.78, 5) is 27.3.